The molecule has 1 aliphatic heterocycles. The van der Waals surface area contributed by atoms with E-state index in [0.717, 1.165) is 25.1 Å². The highest BCUT2D eigenvalue weighted by Gasteiger charge is 2.38. The van der Waals surface area contributed by atoms with Crippen molar-refractivity contribution in [1.82, 2.24) is 20.6 Å². The Labute approximate surface area is 127 Å². The summed E-state index contributed by atoms with van der Waals surface area (Å²) in [6.07, 6.45) is 6.99. The summed E-state index contributed by atoms with van der Waals surface area (Å²) in [4.78, 5) is 19.3. The van der Waals surface area contributed by atoms with E-state index in [4.69, 9.17) is 0 Å². The van der Waals surface area contributed by atoms with Gasteiger partial charge in [0.1, 0.15) is 5.82 Å². The quantitative estimate of drug-likeness (QED) is 0.777. The van der Waals surface area contributed by atoms with Gasteiger partial charge in [0.05, 0.1) is 0 Å². The van der Waals surface area contributed by atoms with Gasteiger partial charge in [-0.2, -0.15) is 0 Å². The normalized spacial score (nSPS) is 21.1. The number of carbonyl (C=O) groups excluding carboxylic acids is 1. The Hall–Kier alpha value is -1.36. The van der Waals surface area contributed by atoms with Crippen LogP contribution in [0, 0.1) is 5.92 Å². The summed E-state index contributed by atoms with van der Waals surface area (Å²) in [5, 5.41) is 6.66. The molecule has 0 atom stereocenters. The van der Waals surface area contributed by atoms with Gasteiger partial charge in [-0.25, -0.2) is 4.98 Å². The van der Waals surface area contributed by atoms with Crippen molar-refractivity contribution in [3.63, 3.8) is 0 Å². The molecule has 1 amide bonds. The Balaban J connectivity index is 1.76. The number of hydrogen-bond donors (Lipinski definition) is 3. The second-order valence-electron chi connectivity index (χ2n) is 7.51. The highest BCUT2D eigenvalue weighted by Crippen LogP contribution is 2.34. The van der Waals surface area contributed by atoms with Crippen LogP contribution in [-0.4, -0.2) is 33.5 Å². The van der Waals surface area contributed by atoms with E-state index in [9.17, 15) is 4.79 Å². The molecule has 3 N–H and O–H groups in total. The van der Waals surface area contributed by atoms with Crippen LogP contribution in [-0.2, 0) is 11.2 Å². The van der Waals surface area contributed by atoms with E-state index in [1.807, 2.05) is 0 Å². The molecular formula is C16H28N4O. The van der Waals surface area contributed by atoms with E-state index < -0.39 is 0 Å². The fourth-order valence-corrected chi connectivity index (χ4v) is 3.77. The van der Waals surface area contributed by atoms with E-state index in [2.05, 4.69) is 48.3 Å². The molecule has 118 valence electrons. The van der Waals surface area contributed by atoms with E-state index in [-0.39, 0.29) is 17.0 Å². The molecule has 0 radical (unpaired) electrons. The largest absolute Gasteiger partial charge is 0.356 e. The SMILES string of the molecule is CC1(C)CC(CC(=O)NCCc2ncc[nH]2)CC(C)(C)N1. The van der Waals surface area contributed by atoms with Gasteiger partial charge >= 0.3 is 0 Å². The van der Waals surface area contributed by atoms with Crippen molar-refractivity contribution in [3.8, 4) is 0 Å². The Kier molecular flexibility index (Phi) is 4.71. The van der Waals surface area contributed by atoms with Gasteiger partial charge in [0.15, 0.2) is 0 Å². The number of nitrogens with zero attached hydrogens (tertiary/aromatic N) is 1. The monoisotopic (exact) mass is 292 g/mol. The zero-order valence-corrected chi connectivity index (χ0v) is 13.6. The average molecular weight is 292 g/mol. The molecule has 0 aliphatic carbocycles. The average Bonchev–Trinajstić information content (AvgIpc) is 2.77. The van der Waals surface area contributed by atoms with Gasteiger partial charge in [0.2, 0.25) is 5.91 Å². The number of H-pyrrole nitrogens is 1. The molecule has 0 aromatic carbocycles. The smallest absolute Gasteiger partial charge is 0.220 e. The molecular weight excluding hydrogens is 264 g/mol. The third-order valence-electron chi connectivity index (χ3n) is 3.99. The lowest BCUT2D eigenvalue weighted by molar-refractivity contribution is -0.122. The number of hydrogen-bond acceptors (Lipinski definition) is 3. The lowest BCUT2D eigenvalue weighted by atomic mass is 9.74. The van der Waals surface area contributed by atoms with Gasteiger partial charge in [-0.15, -0.1) is 0 Å². The summed E-state index contributed by atoms with van der Waals surface area (Å²) in [6.45, 7) is 9.51. The second kappa shape index (κ2) is 6.18. The fourth-order valence-electron chi connectivity index (χ4n) is 3.77. The molecule has 0 saturated carbocycles. The first kappa shape index (κ1) is 16.0. The lowest BCUT2D eigenvalue weighted by Crippen LogP contribution is -2.58. The first-order valence-electron chi connectivity index (χ1n) is 7.80. The minimum atomic E-state index is 0.0981. The van der Waals surface area contributed by atoms with Crippen LogP contribution in [0.3, 0.4) is 0 Å². The van der Waals surface area contributed by atoms with Gasteiger partial charge in [-0.1, -0.05) is 0 Å². The molecule has 5 nitrogen and oxygen atoms in total. The predicted molar refractivity (Wildman–Crippen MR) is 83.9 cm³/mol. The Morgan fingerprint density at radius 1 is 1.33 bits per heavy atom. The molecule has 1 fully saturated rings. The Morgan fingerprint density at radius 2 is 2.00 bits per heavy atom. The molecule has 1 aromatic heterocycles. The highest BCUT2D eigenvalue weighted by molar-refractivity contribution is 5.76. The van der Waals surface area contributed by atoms with Crippen molar-refractivity contribution in [2.24, 2.45) is 5.92 Å². The second-order valence-corrected chi connectivity index (χ2v) is 7.51. The Morgan fingerprint density at radius 3 is 2.57 bits per heavy atom. The van der Waals surface area contributed by atoms with Gasteiger partial charge in [-0.05, 0) is 46.5 Å². The van der Waals surface area contributed by atoms with Gasteiger partial charge in [-0.3, -0.25) is 4.79 Å². The zero-order chi connectivity index (χ0) is 15.5. The standard InChI is InChI=1S/C16H28N4O/c1-15(2)10-12(11-16(3,4)20-15)9-14(21)19-6-5-13-17-7-8-18-13/h7-8,12,20H,5-6,9-11H2,1-4H3,(H,17,18)(H,19,21). The summed E-state index contributed by atoms with van der Waals surface area (Å²) in [5.74, 6) is 1.51. The number of aromatic nitrogens is 2. The van der Waals surface area contributed by atoms with Crippen LogP contribution in [0.25, 0.3) is 0 Å². The van der Waals surface area contributed by atoms with Crippen molar-refractivity contribution in [2.75, 3.05) is 6.54 Å². The van der Waals surface area contributed by atoms with Crippen LogP contribution >= 0.6 is 0 Å². The van der Waals surface area contributed by atoms with E-state index in [0.29, 0.717) is 18.9 Å². The third-order valence-corrected chi connectivity index (χ3v) is 3.99. The van der Waals surface area contributed by atoms with E-state index >= 15 is 0 Å². The number of piperidine rings is 1. The molecule has 2 rings (SSSR count). The molecule has 1 saturated heterocycles. The van der Waals surface area contributed by atoms with Crippen LogP contribution in [0.4, 0.5) is 0 Å². The van der Waals surface area contributed by atoms with Gasteiger partial charge in [0, 0.05) is 42.9 Å². The summed E-state index contributed by atoms with van der Waals surface area (Å²) >= 11 is 0. The van der Waals surface area contributed by atoms with Crippen molar-refractivity contribution in [2.45, 2.75) is 64.5 Å². The third kappa shape index (κ3) is 5.16. The summed E-state index contributed by atoms with van der Waals surface area (Å²) in [7, 11) is 0. The van der Waals surface area contributed by atoms with Crippen molar-refractivity contribution in [3.05, 3.63) is 18.2 Å². The topological polar surface area (TPSA) is 69.8 Å². The van der Waals surface area contributed by atoms with Gasteiger partial charge in [0.25, 0.3) is 0 Å². The van der Waals surface area contributed by atoms with Crippen LogP contribution in [0.15, 0.2) is 12.4 Å². The van der Waals surface area contributed by atoms with Crippen LogP contribution in [0.2, 0.25) is 0 Å². The summed E-state index contributed by atoms with van der Waals surface area (Å²) in [5.41, 5.74) is 0.196. The molecule has 0 unspecified atom stereocenters. The molecule has 21 heavy (non-hydrogen) atoms. The number of nitrogens with one attached hydrogen (secondary N) is 3. The molecule has 2 heterocycles. The minimum Gasteiger partial charge on any atom is -0.356 e. The maximum Gasteiger partial charge on any atom is 0.220 e. The first-order valence-corrected chi connectivity index (χ1v) is 7.80. The maximum atomic E-state index is 12.1. The van der Waals surface area contributed by atoms with Crippen molar-refractivity contribution in [1.29, 1.82) is 0 Å². The number of rotatable bonds is 5. The zero-order valence-electron chi connectivity index (χ0n) is 13.6. The highest BCUT2D eigenvalue weighted by atomic mass is 16.1. The number of imidazole rings is 1. The first-order chi connectivity index (χ1) is 9.76. The van der Waals surface area contributed by atoms with Crippen LogP contribution < -0.4 is 10.6 Å². The van der Waals surface area contributed by atoms with Crippen LogP contribution in [0.1, 0.15) is 52.8 Å². The molecule has 1 aromatic rings. The number of aromatic amines is 1. The molecule has 0 bridgehead atoms. The minimum absolute atomic E-state index is 0.0981. The maximum absolute atomic E-state index is 12.1. The lowest BCUT2D eigenvalue weighted by Gasteiger charge is -2.46. The van der Waals surface area contributed by atoms with Crippen molar-refractivity contribution >= 4 is 5.91 Å². The van der Waals surface area contributed by atoms with E-state index in [1.165, 1.54) is 0 Å². The van der Waals surface area contributed by atoms with E-state index in [1.54, 1.807) is 12.4 Å². The number of amides is 1. The molecule has 5 heteroatoms. The van der Waals surface area contributed by atoms with Gasteiger partial charge < -0.3 is 15.6 Å². The summed E-state index contributed by atoms with van der Waals surface area (Å²) < 4.78 is 0. The predicted octanol–water partition coefficient (Wildman–Crippen LogP) is 2.02. The molecule has 1 aliphatic rings. The Bertz CT molecular complexity index is 449. The fraction of sp³-hybridized carbons (Fsp3) is 0.750. The van der Waals surface area contributed by atoms with Crippen LogP contribution in [0.5, 0.6) is 0 Å². The van der Waals surface area contributed by atoms with Crippen molar-refractivity contribution < 1.29 is 4.79 Å². The molecule has 0 spiro atoms. The summed E-state index contributed by atoms with van der Waals surface area (Å²) in [6, 6.07) is 0. The number of carbonyl (C=O) groups is 1.